The van der Waals surface area contributed by atoms with Gasteiger partial charge in [0.1, 0.15) is 5.75 Å². The second-order valence-electron chi connectivity index (χ2n) is 3.80. The van der Waals surface area contributed by atoms with Gasteiger partial charge < -0.3 is 14.9 Å². The van der Waals surface area contributed by atoms with E-state index in [1.807, 2.05) is 26.0 Å². The number of hydrogen-bond donors (Lipinski definition) is 2. The van der Waals surface area contributed by atoms with Gasteiger partial charge in [0.05, 0.1) is 13.7 Å². The van der Waals surface area contributed by atoms with Crippen LogP contribution in [-0.2, 0) is 4.79 Å². The molecule has 17 heavy (non-hydrogen) atoms. The first-order valence-electron chi connectivity index (χ1n) is 5.19. The maximum absolute atomic E-state index is 10.7. The molecule has 0 fully saturated rings. The summed E-state index contributed by atoms with van der Waals surface area (Å²) in [5.74, 6) is -0.524. The molecule has 0 radical (unpaired) electrons. The van der Waals surface area contributed by atoms with Gasteiger partial charge in [-0.1, -0.05) is 0 Å². The lowest BCUT2D eigenvalue weighted by Gasteiger charge is -2.13. The van der Waals surface area contributed by atoms with E-state index in [2.05, 4.69) is 0 Å². The molecule has 1 aromatic carbocycles. The molecule has 0 aliphatic heterocycles. The van der Waals surface area contributed by atoms with Crippen LogP contribution in [0.1, 0.15) is 16.7 Å². The first-order valence-corrected chi connectivity index (χ1v) is 5.19. The van der Waals surface area contributed by atoms with Crippen LogP contribution in [0.15, 0.2) is 18.2 Å². The number of aliphatic hydroxyl groups is 1. The van der Waals surface area contributed by atoms with Gasteiger partial charge in [-0.15, -0.1) is 0 Å². The van der Waals surface area contributed by atoms with Gasteiger partial charge in [0.2, 0.25) is 0 Å². The Labute approximate surface area is 100 Å². The Morgan fingerprint density at radius 3 is 2.41 bits per heavy atom. The summed E-state index contributed by atoms with van der Waals surface area (Å²) in [5.41, 5.74) is 3.02. The number of rotatable bonds is 4. The van der Waals surface area contributed by atoms with E-state index in [9.17, 15) is 9.90 Å². The first-order chi connectivity index (χ1) is 7.99. The van der Waals surface area contributed by atoms with Gasteiger partial charge in [-0.3, -0.25) is 0 Å². The van der Waals surface area contributed by atoms with Gasteiger partial charge in [0.15, 0.2) is 0 Å². The smallest absolute Gasteiger partial charge is 0.328 e. The van der Waals surface area contributed by atoms with Crippen molar-refractivity contribution in [1.82, 2.24) is 0 Å². The highest BCUT2D eigenvalue weighted by Gasteiger charge is 2.11. The van der Waals surface area contributed by atoms with Crippen molar-refractivity contribution in [3.8, 4) is 5.75 Å². The number of carboxylic acid groups (broad SMARTS) is 1. The van der Waals surface area contributed by atoms with Crippen LogP contribution in [0, 0.1) is 13.8 Å². The summed E-state index contributed by atoms with van der Waals surface area (Å²) in [6.07, 6.45) is 0.993. The number of carboxylic acids is 1. The van der Waals surface area contributed by atoms with Gasteiger partial charge in [-0.25, -0.2) is 4.79 Å². The number of aliphatic hydroxyl groups excluding tert-OH is 1. The number of aryl methyl sites for hydroxylation is 2. The van der Waals surface area contributed by atoms with E-state index < -0.39 is 5.97 Å². The van der Waals surface area contributed by atoms with Crippen molar-refractivity contribution < 1.29 is 19.7 Å². The van der Waals surface area contributed by atoms with Crippen LogP contribution in [0.2, 0.25) is 0 Å². The quantitative estimate of drug-likeness (QED) is 0.782. The van der Waals surface area contributed by atoms with Gasteiger partial charge in [0, 0.05) is 11.6 Å². The third-order valence-corrected chi connectivity index (χ3v) is 2.63. The van der Waals surface area contributed by atoms with Crippen LogP contribution in [0.4, 0.5) is 0 Å². The molecular formula is C13H16O4. The molecule has 0 aliphatic carbocycles. The Kier molecular flexibility index (Phi) is 4.29. The molecule has 92 valence electrons. The molecule has 4 nitrogen and oxygen atoms in total. The lowest BCUT2D eigenvalue weighted by molar-refractivity contribution is -0.131. The zero-order valence-corrected chi connectivity index (χ0v) is 10.2. The van der Waals surface area contributed by atoms with Gasteiger partial charge >= 0.3 is 5.97 Å². The van der Waals surface area contributed by atoms with E-state index in [1.165, 1.54) is 7.11 Å². The topological polar surface area (TPSA) is 66.8 Å². The number of hydrogen-bond acceptors (Lipinski definition) is 3. The van der Waals surface area contributed by atoms with Crippen LogP contribution in [0.3, 0.4) is 0 Å². The Morgan fingerprint density at radius 2 is 1.94 bits per heavy atom. The van der Waals surface area contributed by atoms with E-state index >= 15 is 0 Å². The van der Waals surface area contributed by atoms with E-state index in [1.54, 1.807) is 0 Å². The summed E-state index contributed by atoms with van der Waals surface area (Å²) < 4.78 is 5.20. The Balaban J connectivity index is 3.37. The Morgan fingerprint density at radius 1 is 1.35 bits per heavy atom. The Bertz CT molecular complexity index is 461. The van der Waals surface area contributed by atoms with Crippen molar-refractivity contribution in [2.45, 2.75) is 13.8 Å². The Hall–Kier alpha value is -1.81. The van der Waals surface area contributed by atoms with E-state index in [0.29, 0.717) is 16.9 Å². The average Bonchev–Trinajstić information content (AvgIpc) is 2.28. The van der Waals surface area contributed by atoms with Crippen LogP contribution in [-0.4, -0.2) is 29.9 Å². The number of benzene rings is 1. The predicted molar refractivity (Wildman–Crippen MR) is 65.2 cm³/mol. The van der Waals surface area contributed by atoms with Crippen molar-refractivity contribution in [3.63, 3.8) is 0 Å². The lowest BCUT2D eigenvalue weighted by Crippen LogP contribution is -2.00. The molecule has 0 amide bonds. The van der Waals surface area contributed by atoms with E-state index in [4.69, 9.17) is 9.84 Å². The molecule has 2 N–H and O–H groups in total. The fraction of sp³-hybridized carbons (Fsp3) is 0.308. The maximum Gasteiger partial charge on any atom is 0.328 e. The molecule has 0 aromatic heterocycles. The molecule has 4 heteroatoms. The highest BCUT2D eigenvalue weighted by Crippen LogP contribution is 2.29. The largest absolute Gasteiger partial charge is 0.496 e. The molecule has 0 saturated carbocycles. The van der Waals surface area contributed by atoms with Crippen molar-refractivity contribution >= 4 is 11.5 Å². The standard InChI is InChI=1S/C13H16O4/c1-8-4-11(10(7-14)6-13(15)16)12(17-3)5-9(8)2/h4-6,14H,7H2,1-3H3,(H,15,16)/b10-6+. The summed E-state index contributed by atoms with van der Waals surface area (Å²) in [6, 6.07) is 3.65. The number of aliphatic carboxylic acids is 1. The van der Waals surface area contributed by atoms with Crippen LogP contribution in [0.5, 0.6) is 5.75 Å². The number of methoxy groups -OCH3 is 1. The van der Waals surface area contributed by atoms with E-state index in [0.717, 1.165) is 17.2 Å². The summed E-state index contributed by atoms with van der Waals surface area (Å²) in [7, 11) is 1.52. The highest BCUT2D eigenvalue weighted by molar-refractivity contribution is 5.91. The van der Waals surface area contributed by atoms with Crippen molar-refractivity contribution in [3.05, 3.63) is 34.9 Å². The average molecular weight is 236 g/mol. The summed E-state index contributed by atoms with van der Waals surface area (Å²) in [6.45, 7) is 3.53. The molecule has 1 rings (SSSR count). The van der Waals surface area contributed by atoms with Gasteiger partial charge in [-0.2, -0.15) is 0 Å². The summed E-state index contributed by atoms with van der Waals surface area (Å²) >= 11 is 0. The molecule has 1 aromatic rings. The molecule has 0 bridgehead atoms. The summed E-state index contributed by atoms with van der Waals surface area (Å²) in [5, 5.41) is 18.0. The van der Waals surface area contributed by atoms with Gasteiger partial charge in [0.25, 0.3) is 0 Å². The second kappa shape index (κ2) is 5.50. The molecule has 0 spiro atoms. The van der Waals surface area contributed by atoms with E-state index in [-0.39, 0.29) is 6.61 Å². The fourth-order valence-corrected chi connectivity index (χ4v) is 1.57. The molecule has 0 saturated heterocycles. The minimum atomic E-state index is -1.09. The van der Waals surface area contributed by atoms with Crippen LogP contribution in [0.25, 0.3) is 5.57 Å². The minimum absolute atomic E-state index is 0.331. The number of carbonyl (C=O) groups is 1. The number of ether oxygens (including phenoxy) is 1. The van der Waals surface area contributed by atoms with Crippen LogP contribution < -0.4 is 4.74 Å². The summed E-state index contributed by atoms with van der Waals surface area (Å²) in [4.78, 5) is 10.7. The van der Waals surface area contributed by atoms with Gasteiger partial charge in [-0.05, 0) is 42.7 Å². The van der Waals surface area contributed by atoms with Crippen LogP contribution >= 0.6 is 0 Å². The zero-order valence-electron chi connectivity index (χ0n) is 10.2. The molecule has 0 heterocycles. The fourth-order valence-electron chi connectivity index (χ4n) is 1.57. The third kappa shape index (κ3) is 3.07. The highest BCUT2D eigenvalue weighted by atomic mass is 16.5. The first kappa shape index (κ1) is 13.3. The monoisotopic (exact) mass is 236 g/mol. The lowest BCUT2D eigenvalue weighted by atomic mass is 9.99. The zero-order chi connectivity index (χ0) is 13.0. The molecular weight excluding hydrogens is 220 g/mol. The molecule has 0 aliphatic rings. The van der Waals surface area contributed by atoms with Crippen molar-refractivity contribution in [1.29, 1.82) is 0 Å². The molecule has 0 atom stereocenters. The molecule has 0 unspecified atom stereocenters. The SMILES string of the molecule is COc1cc(C)c(C)cc1/C(=C/C(=O)O)CO. The third-order valence-electron chi connectivity index (χ3n) is 2.63. The van der Waals surface area contributed by atoms with Crippen molar-refractivity contribution in [2.75, 3.05) is 13.7 Å². The van der Waals surface area contributed by atoms with Crippen molar-refractivity contribution in [2.24, 2.45) is 0 Å². The normalized spacial score (nSPS) is 11.4. The second-order valence-corrected chi connectivity index (χ2v) is 3.80. The maximum atomic E-state index is 10.7. The predicted octanol–water partition coefficient (Wildman–Crippen LogP) is 1.77. The minimum Gasteiger partial charge on any atom is -0.496 e.